The molecule has 1 rings (SSSR count). The van der Waals surface area contributed by atoms with Crippen molar-refractivity contribution in [1.82, 2.24) is 0 Å². The van der Waals surface area contributed by atoms with E-state index in [0.717, 1.165) is 4.90 Å². The molecule has 0 nitrogen and oxygen atoms in total. The Morgan fingerprint density at radius 2 is 1.42 bits per heavy atom. The van der Waals surface area contributed by atoms with Gasteiger partial charge in [0, 0.05) is 19.2 Å². The SMILES string of the molecule is Sc1c(I)cc(I)c(I)c1I.[NaH]. The second-order valence-electron chi connectivity index (χ2n) is 1.82. The molecule has 0 saturated heterocycles. The first-order chi connectivity index (χ1) is 5.04. The van der Waals surface area contributed by atoms with Crippen molar-refractivity contribution in [3.8, 4) is 0 Å². The van der Waals surface area contributed by atoms with Crippen molar-refractivity contribution in [3.63, 3.8) is 0 Å². The summed E-state index contributed by atoms with van der Waals surface area (Å²) in [7, 11) is 0. The van der Waals surface area contributed by atoms with E-state index in [0.29, 0.717) is 0 Å². The molecular weight excluding hydrogens is 635 g/mol. The molecule has 0 spiro atoms. The fourth-order valence-electron chi connectivity index (χ4n) is 0.557. The van der Waals surface area contributed by atoms with Crippen molar-refractivity contribution in [2.75, 3.05) is 0 Å². The van der Waals surface area contributed by atoms with Crippen molar-refractivity contribution in [3.05, 3.63) is 20.3 Å². The van der Waals surface area contributed by atoms with Gasteiger partial charge in [-0.1, -0.05) is 0 Å². The van der Waals surface area contributed by atoms with Gasteiger partial charge in [-0.3, -0.25) is 0 Å². The number of rotatable bonds is 0. The fourth-order valence-corrected chi connectivity index (χ4v) is 4.74. The van der Waals surface area contributed by atoms with Crippen LogP contribution in [0.2, 0.25) is 0 Å². The second kappa shape index (κ2) is 6.94. The Labute approximate surface area is 154 Å². The van der Waals surface area contributed by atoms with E-state index in [4.69, 9.17) is 0 Å². The van der Waals surface area contributed by atoms with E-state index in [1.165, 1.54) is 14.3 Å². The van der Waals surface area contributed by atoms with E-state index in [1.807, 2.05) is 0 Å². The normalized spacial score (nSPS) is 9.42. The summed E-state index contributed by atoms with van der Waals surface area (Å²) in [6.45, 7) is 0. The molecule has 0 bridgehead atoms. The van der Waals surface area contributed by atoms with Crippen molar-refractivity contribution in [2.24, 2.45) is 0 Å². The van der Waals surface area contributed by atoms with Crippen LogP contribution < -0.4 is 0 Å². The van der Waals surface area contributed by atoms with E-state index in [2.05, 4.69) is 109 Å². The Bertz CT molecular complexity index is 276. The second-order valence-corrected chi connectivity index (χ2v) is 6.75. The summed E-state index contributed by atoms with van der Waals surface area (Å²) in [5.74, 6) is 0. The molecule has 1 aromatic carbocycles. The minimum atomic E-state index is 0. The monoisotopic (exact) mass is 638 g/mol. The summed E-state index contributed by atoms with van der Waals surface area (Å²) in [6, 6.07) is 2.15. The fraction of sp³-hybridized carbons (Fsp3) is 0. The first kappa shape index (κ1) is 15.5. The minimum absolute atomic E-state index is 0. The molecule has 0 saturated carbocycles. The van der Waals surface area contributed by atoms with Crippen LogP contribution in [0.3, 0.4) is 0 Å². The Kier molecular flexibility index (Phi) is 8.96. The van der Waals surface area contributed by atoms with E-state index < -0.39 is 0 Å². The summed E-state index contributed by atoms with van der Waals surface area (Å²) < 4.78 is 5.08. The molecule has 6 heteroatoms. The molecule has 0 heterocycles. The zero-order chi connectivity index (χ0) is 8.59. The molecule has 0 unspecified atom stereocenters. The van der Waals surface area contributed by atoms with Crippen LogP contribution in [0, 0.1) is 14.3 Å². The number of benzene rings is 1. The third kappa shape index (κ3) is 3.81. The summed E-state index contributed by atoms with van der Waals surface area (Å²) in [4.78, 5) is 1.09. The van der Waals surface area contributed by atoms with Gasteiger partial charge < -0.3 is 0 Å². The van der Waals surface area contributed by atoms with Gasteiger partial charge in [0.25, 0.3) is 0 Å². The number of thiol groups is 1. The molecule has 0 aliphatic carbocycles. The van der Waals surface area contributed by atoms with Gasteiger partial charge >= 0.3 is 29.6 Å². The molecule has 0 atom stereocenters. The van der Waals surface area contributed by atoms with Crippen LogP contribution in [0.1, 0.15) is 0 Å². The molecule has 0 radical (unpaired) electrons. The molecule has 0 fully saturated rings. The third-order valence-corrected chi connectivity index (χ3v) is 8.37. The van der Waals surface area contributed by atoms with Crippen LogP contribution in [-0.2, 0) is 0 Å². The van der Waals surface area contributed by atoms with Gasteiger partial charge in [0.1, 0.15) is 0 Å². The van der Waals surface area contributed by atoms with E-state index in [-0.39, 0.29) is 29.6 Å². The molecular formula is C6H3I4NaS. The van der Waals surface area contributed by atoms with Crippen LogP contribution in [0.15, 0.2) is 11.0 Å². The predicted octanol–water partition coefficient (Wildman–Crippen LogP) is 3.75. The van der Waals surface area contributed by atoms with Crippen LogP contribution in [0.25, 0.3) is 0 Å². The molecule has 1 aromatic rings. The third-order valence-electron chi connectivity index (χ3n) is 1.09. The van der Waals surface area contributed by atoms with Gasteiger partial charge in [-0.15, -0.1) is 12.6 Å². The van der Waals surface area contributed by atoms with Crippen LogP contribution in [0.5, 0.6) is 0 Å². The van der Waals surface area contributed by atoms with Gasteiger partial charge in [0.05, 0.1) is 0 Å². The van der Waals surface area contributed by atoms with Crippen molar-refractivity contribution < 1.29 is 0 Å². The van der Waals surface area contributed by atoms with Crippen molar-refractivity contribution >= 4 is 133 Å². The van der Waals surface area contributed by atoms with Gasteiger partial charge in [0.15, 0.2) is 0 Å². The average Bonchev–Trinajstić information content (AvgIpc) is 1.97. The van der Waals surface area contributed by atoms with Gasteiger partial charge in [-0.05, 0) is 96.4 Å². The van der Waals surface area contributed by atoms with Crippen molar-refractivity contribution in [1.29, 1.82) is 0 Å². The summed E-state index contributed by atoms with van der Waals surface area (Å²) >= 11 is 13.7. The maximum absolute atomic E-state index is 4.41. The van der Waals surface area contributed by atoms with Crippen molar-refractivity contribution in [2.45, 2.75) is 4.90 Å². The number of hydrogen-bond donors (Lipinski definition) is 1. The Balaban J connectivity index is 0.00000121. The summed E-state index contributed by atoms with van der Waals surface area (Å²) in [5, 5.41) is 0. The Hall–Kier alpha value is 3.49. The zero-order valence-corrected chi connectivity index (χ0v) is 14.6. The molecule has 0 amide bonds. The maximum atomic E-state index is 4.41. The van der Waals surface area contributed by atoms with Gasteiger partial charge in [0.2, 0.25) is 0 Å². The van der Waals surface area contributed by atoms with E-state index in [9.17, 15) is 0 Å². The molecule has 0 N–H and O–H groups in total. The molecule has 12 heavy (non-hydrogen) atoms. The number of halogens is 4. The summed E-state index contributed by atoms with van der Waals surface area (Å²) in [6.07, 6.45) is 0. The van der Waals surface area contributed by atoms with E-state index >= 15 is 0 Å². The summed E-state index contributed by atoms with van der Waals surface area (Å²) in [5.41, 5.74) is 0. The first-order valence-corrected chi connectivity index (χ1v) is 7.32. The standard InChI is InChI=1S/C6H2I4S.Na.H/c7-2-1-3(8)6(11)5(10)4(2)9;;/h1,11H;;. The molecule has 0 aliphatic rings. The Morgan fingerprint density at radius 3 is 1.92 bits per heavy atom. The van der Waals surface area contributed by atoms with Gasteiger partial charge in [-0.2, -0.15) is 0 Å². The predicted molar refractivity (Wildman–Crippen MR) is 91.7 cm³/mol. The molecule has 62 valence electrons. The zero-order valence-electron chi connectivity index (χ0n) is 5.04. The van der Waals surface area contributed by atoms with Crippen LogP contribution in [0.4, 0.5) is 0 Å². The first-order valence-electron chi connectivity index (χ1n) is 2.56. The Morgan fingerprint density at radius 1 is 0.917 bits per heavy atom. The van der Waals surface area contributed by atoms with E-state index in [1.54, 1.807) is 0 Å². The topological polar surface area (TPSA) is 0 Å². The number of hydrogen-bond acceptors (Lipinski definition) is 1. The van der Waals surface area contributed by atoms with Crippen LogP contribution >= 0.6 is 103 Å². The molecule has 0 aromatic heterocycles. The molecule has 0 aliphatic heterocycles. The van der Waals surface area contributed by atoms with Gasteiger partial charge in [-0.25, -0.2) is 0 Å². The average molecular weight is 638 g/mol. The van der Waals surface area contributed by atoms with Crippen LogP contribution in [-0.4, -0.2) is 29.6 Å². The quantitative estimate of drug-likeness (QED) is 0.145.